The van der Waals surface area contributed by atoms with Crippen molar-refractivity contribution >= 4 is 21.6 Å². The lowest BCUT2D eigenvalue weighted by atomic mass is 9.68. The van der Waals surface area contributed by atoms with Gasteiger partial charge in [-0.1, -0.05) is 20.8 Å². The molecule has 30 heavy (non-hydrogen) atoms. The van der Waals surface area contributed by atoms with E-state index >= 15 is 0 Å². The van der Waals surface area contributed by atoms with E-state index in [0.29, 0.717) is 43.5 Å². The minimum absolute atomic E-state index is 0.0380. The molecule has 4 rings (SSSR count). The summed E-state index contributed by atoms with van der Waals surface area (Å²) in [6.45, 7) is 8.15. The van der Waals surface area contributed by atoms with Crippen LogP contribution in [0.15, 0.2) is 23.1 Å². The van der Waals surface area contributed by atoms with Gasteiger partial charge < -0.3 is 15.4 Å². The van der Waals surface area contributed by atoms with E-state index in [1.807, 2.05) is 0 Å². The number of carbonyl (C=O) groups is 1. The lowest BCUT2D eigenvalue weighted by Gasteiger charge is -2.43. The van der Waals surface area contributed by atoms with Crippen LogP contribution in [0.4, 0.5) is 5.69 Å². The molecule has 0 spiro atoms. The van der Waals surface area contributed by atoms with Crippen LogP contribution in [0.1, 0.15) is 50.4 Å². The molecule has 0 aromatic heterocycles. The number of nitrogens with one attached hydrogen (secondary N) is 2. The highest BCUT2D eigenvalue weighted by Crippen LogP contribution is 2.62. The molecule has 3 atom stereocenters. The molecule has 7 nitrogen and oxygen atoms in total. The second-order valence-corrected chi connectivity index (χ2v) is 11.7. The van der Waals surface area contributed by atoms with Crippen LogP contribution in [0.5, 0.6) is 0 Å². The third kappa shape index (κ3) is 3.42. The third-order valence-corrected chi connectivity index (χ3v) is 9.58. The van der Waals surface area contributed by atoms with Crippen LogP contribution < -0.4 is 10.6 Å². The molecule has 166 valence electrons. The zero-order valence-corrected chi connectivity index (χ0v) is 19.1. The quantitative estimate of drug-likeness (QED) is 0.743. The van der Waals surface area contributed by atoms with Gasteiger partial charge in [0.2, 0.25) is 10.0 Å². The van der Waals surface area contributed by atoms with Gasteiger partial charge in [0.25, 0.3) is 5.91 Å². The predicted octanol–water partition coefficient (Wildman–Crippen LogP) is 2.69. The first-order valence-electron chi connectivity index (χ1n) is 10.8. The first-order chi connectivity index (χ1) is 14.1. The van der Waals surface area contributed by atoms with Crippen LogP contribution in [0.2, 0.25) is 0 Å². The number of ether oxygens (including phenoxy) is 1. The molecule has 0 radical (unpaired) electrons. The lowest BCUT2D eigenvalue weighted by Crippen LogP contribution is -2.52. The molecule has 3 aliphatic rings. The van der Waals surface area contributed by atoms with Gasteiger partial charge in [0.05, 0.1) is 18.9 Å². The standard InChI is InChI=1S/C22H33N3O4S/c1-21(2)16-7-8-22(3,14-16)20(21)24-19(26)15-5-6-17(23-4)18(13-15)30(27,28)25-9-11-29-12-10-25/h5-6,13,16,20,23H,7-12,14H2,1-4H3,(H,24,26)/t16-,20?,22-/m0/s1. The zero-order chi connectivity index (χ0) is 21.7. The Hall–Kier alpha value is -1.64. The number of nitrogens with zero attached hydrogens (tertiary/aromatic N) is 1. The Labute approximate surface area is 179 Å². The topological polar surface area (TPSA) is 87.7 Å². The molecule has 2 N–H and O–H groups in total. The van der Waals surface area contributed by atoms with Crippen molar-refractivity contribution in [3.05, 3.63) is 23.8 Å². The molecule has 1 aromatic carbocycles. The molecule has 2 aliphatic carbocycles. The number of amides is 1. The van der Waals surface area contributed by atoms with Crippen molar-refractivity contribution in [1.82, 2.24) is 9.62 Å². The summed E-state index contributed by atoms with van der Waals surface area (Å²) in [6.07, 6.45) is 3.48. The Morgan fingerprint density at radius 2 is 1.90 bits per heavy atom. The van der Waals surface area contributed by atoms with E-state index in [1.165, 1.54) is 16.8 Å². The minimum atomic E-state index is -3.72. The highest BCUT2D eigenvalue weighted by Gasteiger charge is 2.59. The normalized spacial score (nSPS) is 30.9. The Bertz CT molecular complexity index is 935. The summed E-state index contributed by atoms with van der Waals surface area (Å²) in [5.41, 5.74) is 1.02. The monoisotopic (exact) mass is 435 g/mol. The van der Waals surface area contributed by atoms with Gasteiger partial charge >= 0.3 is 0 Å². The number of anilines is 1. The Kier molecular flexibility index (Phi) is 5.39. The van der Waals surface area contributed by atoms with Crippen molar-refractivity contribution in [2.24, 2.45) is 16.7 Å². The maximum Gasteiger partial charge on any atom is 0.251 e. The number of sulfonamides is 1. The average molecular weight is 436 g/mol. The first-order valence-corrected chi connectivity index (χ1v) is 12.2. The number of carbonyl (C=O) groups excluding carboxylic acids is 1. The summed E-state index contributed by atoms with van der Waals surface area (Å²) < 4.78 is 33.2. The summed E-state index contributed by atoms with van der Waals surface area (Å²) in [5, 5.41) is 6.22. The second kappa shape index (κ2) is 7.50. The van der Waals surface area contributed by atoms with Gasteiger partial charge in [0.15, 0.2) is 0 Å². The Morgan fingerprint density at radius 1 is 1.20 bits per heavy atom. The molecule has 1 saturated heterocycles. The Morgan fingerprint density at radius 3 is 2.50 bits per heavy atom. The van der Waals surface area contributed by atoms with E-state index in [4.69, 9.17) is 4.74 Å². The first kappa shape index (κ1) is 21.6. The van der Waals surface area contributed by atoms with Crippen molar-refractivity contribution in [3.8, 4) is 0 Å². The maximum atomic E-state index is 13.2. The highest BCUT2D eigenvalue weighted by molar-refractivity contribution is 7.89. The van der Waals surface area contributed by atoms with E-state index in [9.17, 15) is 13.2 Å². The number of fused-ring (bicyclic) bond motifs is 2. The molecule has 3 fully saturated rings. The van der Waals surface area contributed by atoms with Crippen molar-refractivity contribution in [1.29, 1.82) is 0 Å². The minimum Gasteiger partial charge on any atom is -0.387 e. The molecule has 1 aliphatic heterocycles. The van der Waals surface area contributed by atoms with Crippen molar-refractivity contribution in [2.75, 3.05) is 38.7 Å². The van der Waals surface area contributed by atoms with Crippen LogP contribution in [-0.2, 0) is 14.8 Å². The van der Waals surface area contributed by atoms with Crippen LogP contribution >= 0.6 is 0 Å². The maximum absolute atomic E-state index is 13.2. The van der Waals surface area contributed by atoms with Crippen LogP contribution in [-0.4, -0.2) is 58.0 Å². The van der Waals surface area contributed by atoms with E-state index < -0.39 is 10.0 Å². The summed E-state index contributed by atoms with van der Waals surface area (Å²) >= 11 is 0. The molecular weight excluding hydrogens is 402 g/mol. The van der Waals surface area contributed by atoms with Crippen LogP contribution in [0, 0.1) is 16.7 Å². The third-order valence-electron chi connectivity index (χ3n) is 7.65. The van der Waals surface area contributed by atoms with Gasteiger partial charge in [0.1, 0.15) is 4.90 Å². The summed E-state index contributed by atoms with van der Waals surface area (Å²) in [6, 6.07) is 4.96. The van der Waals surface area contributed by atoms with Crippen molar-refractivity contribution in [3.63, 3.8) is 0 Å². The predicted molar refractivity (Wildman–Crippen MR) is 116 cm³/mol. The number of hydrogen-bond donors (Lipinski definition) is 2. The lowest BCUT2D eigenvalue weighted by molar-refractivity contribution is 0.0729. The van der Waals surface area contributed by atoms with Crippen molar-refractivity contribution in [2.45, 2.75) is 51.0 Å². The smallest absolute Gasteiger partial charge is 0.251 e. The van der Waals surface area contributed by atoms with E-state index in [2.05, 4.69) is 31.4 Å². The fourth-order valence-electron chi connectivity index (χ4n) is 5.89. The SMILES string of the molecule is CNc1ccc(C(=O)NC2C(C)(C)[C@H]3CC[C@@]2(C)C3)cc1S(=O)(=O)N1CCOCC1. The Balaban J connectivity index is 1.62. The molecule has 2 bridgehead atoms. The van der Waals surface area contributed by atoms with Gasteiger partial charge in [-0.15, -0.1) is 0 Å². The largest absolute Gasteiger partial charge is 0.387 e. The highest BCUT2D eigenvalue weighted by atomic mass is 32.2. The van der Waals surface area contributed by atoms with Gasteiger partial charge in [-0.25, -0.2) is 8.42 Å². The molecule has 1 amide bonds. The van der Waals surface area contributed by atoms with E-state index in [1.54, 1.807) is 19.2 Å². The fourth-order valence-corrected chi connectivity index (χ4v) is 7.52. The average Bonchev–Trinajstić information content (AvgIpc) is 3.22. The van der Waals surface area contributed by atoms with E-state index in [-0.39, 0.29) is 27.7 Å². The van der Waals surface area contributed by atoms with E-state index in [0.717, 1.165) is 12.8 Å². The van der Waals surface area contributed by atoms with Crippen molar-refractivity contribution < 1.29 is 17.9 Å². The molecule has 2 saturated carbocycles. The summed E-state index contributed by atoms with van der Waals surface area (Å²) in [5.74, 6) is 0.416. The second-order valence-electron chi connectivity index (χ2n) is 9.80. The summed E-state index contributed by atoms with van der Waals surface area (Å²) in [4.78, 5) is 13.3. The van der Waals surface area contributed by atoms with Crippen LogP contribution in [0.25, 0.3) is 0 Å². The molecule has 1 unspecified atom stereocenters. The number of morpholine rings is 1. The van der Waals surface area contributed by atoms with Crippen LogP contribution in [0.3, 0.4) is 0 Å². The molecule has 8 heteroatoms. The number of benzene rings is 1. The zero-order valence-electron chi connectivity index (χ0n) is 18.3. The van der Waals surface area contributed by atoms with Gasteiger partial charge in [-0.2, -0.15) is 4.31 Å². The fraction of sp³-hybridized carbons (Fsp3) is 0.682. The molecule has 1 heterocycles. The number of hydrogen-bond acceptors (Lipinski definition) is 5. The van der Waals surface area contributed by atoms with Gasteiger partial charge in [-0.3, -0.25) is 4.79 Å². The molecular formula is C22H33N3O4S. The molecule has 1 aromatic rings. The van der Waals surface area contributed by atoms with Gasteiger partial charge in [-0.05, 0) is 54.2 Å². The van der Waals surface area contributed by atoms with Gasteiger partial charge in [0, 0.05) is 31.7 Å². The number of rotatable bonds is 5. The summed E-state index contributed by atoms with van der Waals surface area (Å²) in [7, 11) is -2.03.